The average molecular weight is 1550 g/mol. The van der Waals surface area contributed by atoms with Crippen LogP contribution in [-0.2, 0) is 0 Å². The van der Waals surface area contributed by atoms with Crippen molar-refractivity contribution in [2.45, 2.75) is 5.92 Å². The zero-order valence-electron chi connectivity index (χ0n) is 66.1. The van der Waals surface area contributed by atoms with E-state index in [1.54, 1.807) is 0 Å². The lowest BCUT2D eigenvalue weighted by atomic mass is 9.85. The second-order valence-corrected chi connectivity index (χ2v) is 32.6. The van der Waals surface area contributed by atoms with Crippen molar-refractivity contribution in [3.05, 3.63) is 466 Å². The van der Waals surface area contributed by atoms with Gasteiger partial charge in [-0.1, -0.05) is 400 Å². The predicted octanol–water partition coefficient (Wildman–Crippen LogP) is 32.2. The summed E-state index contributed by atoms with van der Waals surface area (Å²) in [7, 11) is 0. The van der Waals surface area contributed by atoms with E-state index >= 15 is 0 Å². The number of fused-ring (bicyclic) bond motifs is 19. The molecule has 4 heteroatoms. The first-order chi connectivity index (χ1) is 60.1. The van der Waals surface area contributed by atoms with Gasteiger partial charge < -0.3 is 4.57 Å². The summed E-state index contributed by atoms with van der Waals surface area (Å²) >= 11 is 1.86. The van der Waals surface area contributed by atoms with Gasteiger partial charge in [-0.25, -0.2) is 4.98 Å². The smallest absolute Gasteiger partial charge is 0.0979 e. The minimum Gasteiger partial charge on any atom is -0.309 e. The zero-order valence-corrected chi connectivity index (χ0v) is 66.9. The predicted molar refractivity (Wildman–Crippen MR) is 516 cm³/mol. The third-order valence-corrected chi connectivity index (χ3v) is 26.1. The number of hydrogen-bond acceptors (Lipinski definition) is 3. The van der Waals surface area contributed by atoms with Gasteiger partial charge in [-0.2, -0.15) is 0 Å². The van der Waals surface area contributed by atoms with Gasteiger partial charge in [0.1, 0.15) is 0 Å². The van der Waals surface area contributed by atoms with Crippen LogP contribution in [-0.4, -0.2) is 14.5 Å². The maximum absolute atomic E-state index is 5.20. The fraction of sp³-hybridized carbons (Fsp3) is 0.00855. The van der Waals surface area contributed by atoms with Gasteiger partial charge in [0.05, 0.1) is 34.0 Å². The van der Waals surface area contributed by atoms with Crippen molar-refractivity contribution in [3.63, 3.8) is 0 Å². The Morgan fingerprint density at radius 3 is 1.14 bits per heavy atom. The minimum atomic E-state index is 0.272. The molecule has 1 aliphatic carbocycles. The number of benzene rings is 21. The van der Waals surface area contributed by atoms with Crippen molar-refractivity contribution < 1.29 is 0 Å². The van der Waals surface area contributed by atoms with Gasteiger partial charge in [-0.3, -0.25) is 4.98 Å². The summed E-state index contributed by atoms with van der Waals surface area (Å²) in [5.41, 5.74) is 29.4. The van der Waals surface area contributed by atoms with E-state index in [-0.39, 0.29) is 5.92 Å². The molecule has 1 aliphatic rings. The Kier molecular flexibility index (Phi) is 17.5. The molecule has 0 bridgehead atoms. The fourth-order valence-corrected chi connectivity index (χ4v) is 20.7. The number of rotatable bonds is 9. The van der Waals surface area contributed by atoms with E-state index in [4.69, 9.17) is 9.97 Å². The maximum atomic E-state index is 5.20. The quantitative estimate of drug-likeness (QED) is 0.107. The fourth-order valence-electron chi connectivity index (χ4n) is 19.5. The third-order valence-electron chi connectivity index (χ3n) is 24.8. The van der Waals surface area contributed by atoms with Crippen LogP contribution in [0.2, 0.25) is 0 Å². The summed E-state index contributed by atoms with van der Waals surface area (Å²) in [5, 5.41) is 20.1. The Morgan fingerprint density at radius 1 is 0.223 bits per heavy atom. The molecule has 21 aromatic carbocycles. The summed E-state index contributed by atoms with van der Waals surface area (Å²) < 4.78 is 5.02. The molecular formula is C117H75N3S. The molecule has 0 amide bonds. The first-order valence-electron chi connectivity index (χ1n) is 41.6. The molecule has 1 atom stereocenters. The molecule has 3 heterocycles. The first-order valence-corrected chi connectivity index (χ1v) is 42.4. The molecule has 0 radical (unpaired) electrons. The number of hydrogen-bond donors (Lipinski definition) is 0. The minimum absolute atomic E-state index is 0.272. The van der Waals surface area contributed by atoms with Crippen LogP contribution in [0.5, 0.6) is 0 Å². The molecule has 0 saturated heterocycles. The summed E-state index contributed by atoms with van der Waals surface area (Å²) in [6, 6.07) is 160. The standard InChI is InChI=1S/C45H30.C38H25N.C34H20N2S/c1-3-13-31(14-4-1)43-36-18-8-7-17-35(36)42-29-34(27-28-41(42)43)30-23-25-33(26-24-30)45-39-21-11-9-19-37(39)44(32-15-5-2-6-16-32)38-20-10-12-22-40(38)45;1-2-12-26(13-3-1)37-31-16-4-6-18-33(31)38(34-19-7-5-17-32(34)37)27-22-24-28(25-23-27)39-35-20-10-8-14-29(35)30-15-9-11-21-36(30)39;1-3-14-27-24(11-1)25-12-2-4-15-28(25)33-32(27)35-20-30(36-33)22-10-7-9-21(19-22)23-16-8-17-29-26-13-5-6-18-31(26)37-34(23)29/h1-29,43H;1-25H;1-20H. The van der Waals surface area contributed by atoms with Crippen molar-refractivity contribution in [2.75, 3.05) is 0 Å². The van der Waals surface area contributed by atoms with Crippen LogP contribution in [0.1, 0.15) is 22.6 Å². The lowest BCUT2D eigenvalue weighted by Gasteiger charge is -2.18. The van der Waals surface area contributed by atoms with E-state index in [1.165, 1.54) is 196 Å². The highest BCUT2D eigenvalue weighted by Crippen LogP contribution is 2.52. The van der Waals surface area contributed by atoms with Crippen LogP contribution in [0.3, 0.4) is 0 Å². The van der Waals surface area contributed by atoms with E-state index in [9.17, 15) is 0 Å². The normalized spacial score (nSPS) is 12.4. The van der Waals surface area contributed by atoms with Crippen LogP contribution in [0, 0.1) is 0 Å². The second-order valence-electron chi connectivity index (χ2n) is 31.5. The highest BCUT2D eigenvalue weighted by Gasteiger charge is 2.30. The molecule has 25 rings (SSSR count). The lowest BCUT2D eigenvalue weighted by molar-refractivity contribution is 1.02. The monoisotopic (exact) mass is 1550 g/mol. The largest absolute Gasteiger partial charge is 0.309 e. The van der Waals surface area contributed by atoms with Gasteiger partial charge in [0, 0.05) is 58.9 Å². The van der Waals surface area contributed by atoms with Crippen molar-refractivity contribution in [1.29, 1.82) is 0 Å². The maximum Gasteiger partial charge on any atom is 0.0979 e. The SMILES string of the molecule is c1cc(-c2cnc3c4ccccc4c4ccccc4c3n2)cc(-c2cccc3c2sc2ccccc23)c1.c1ccc(-c2c3ccccc3c(-c3ccc(-c4ccc5c(c4)-c4ccccc4C5c4ccccc4)cc3)c3ccccc23)cc1.c1ccc(-c2c3ccccc3c(-c3ccc(-n4c5ccccc5c5ccccc54)cc3)c3ccccc23)cc1. The molecule has 0 aliphatic heterocycles. The van der Waals surface area contributed by atoms with Crippen molar-refractivity contribution >= 4 is 129 Å². The number of nitrogens with zero attached hydrogens (tertiary/aromatic N) is 3. The molecule has 121 heavy (non-hydrogen) atoms. The molecule has 3 aromatic heterocycles. The van der Waals surface area contributed by atoms with Crippen molar-refractivity contribution in [3.8, 4) is 94.8 Å². The van der Waals surface area contributed by atoms with E-state index in [0.717, 1.165) is 33.1 Å². The van der Waals surface area contributed by atoms with Gasteiger partial charge >= 0.3 is 0 Å². The topological polar surface area (TPSA) is 30.7 Å². The molecule has 0 spiro atoms. The van der Waals surface area contributed by atoms with E-state index < -0.39 is 0 Å². The van der Waals surface area contributed by atoms with Gasteiger partial charge in [0.25, 0.3) is 0 Å². The van der Waals surface area contributed by atoms with E-state index in [1.807, 2.05) is 17.5 Å². The molecule has 0 N–H and O–H groups in total. The van der Waals surface area contributed by atoms with Gasteiger partial charge in [-0.05, 0) is 191 Å². The Bertz CT molecular complexity index is 7990. The highest BCUT2D eigenvalue weighted by molar-refractivity contribution is 7.26. The van der Waals surface area contributed by atoms with Crippen LogP contribution >= 0.6 is 11.3 Å². The number of aromatic nitrogens is 3. The van der Waals surface area contributed by atoms with E-state index in [0.29, 0.717) is 0 Å². The zero-order chi connectivity index (χ0) is 79.9. The molecule has 0 saturated carbocycles. The summed E-state index contributed by atoms with van der Waals surface area (Å²) in [6.07, 6.45) is 1.92. The molecule has 564 valence electrons. The third kappa shape index (κ3) is 12.2. The van der Waals surface area contributed by atoms with Crippen molar-refractivity contribution in [2.24, 2.45) is 0 Å². The first kappa shape index (κ1) is 70.9. The molecule has 1 unspecified atom stereocenters. The highest BCUT2D eigenvalue weighted by atomic mass is 32.1. The van der Waals surface area contributed by atoms with Crippen LogP contribution in [0.25, 0.3) is 212 Å². The van der Waals surface area contributed by atoms with Crippen LogP contribution in [0.15, 0.2) is 449 Å². The van der Waals surface area contributed by atoms with Crippen LogP contribution in [0.4, 0.5) is 0 Å². The van der Waals surface area contributed by atoms with Gasteiger partial charge in [0.15, 0.2) is 0 Å². The second kappa shape index (κ2) is 29.9. The summed E-state index contributed by atoms with van der Waals surface area (Å²) in [6.45, 7) is 0. The summed E-state index contributed by atoms with van der Waals surface area (Å²) in [5.74, 6) is 0.272. The van der Waals surface area contributed by atoms with E-state index in [2.05, 4.69) is 447 Å². The Balaban J connectivity index is 0.000000106. The number of para-hydroxylation sites is 2. The Hall–Kier alpha value is -15.5. The summed E-state index contributed by atoms with van der Waals surface area (Å²) in [4.78, 5) is 10.2. The Morgan fingerprint density at radius 2 is 0.595 bits per heavy atom. The Labute approximate surface area is 704 Å². The van der Waals surface area contributed by atoms with Crippen molar-refractivity contribution in [1.82, 2.24) is 14.5 Å². The average Bonchev–Trinajstić information content (AvgIpc) is 1.57. The van der Waals surface area contributed by atoms with Gasteiger partial charge in [-0.15, -0.1) is 11.3 Å². The molecule has 24 aromatic rings. The lowest BCUT2D eigenvalue weighted by Crippen LogP contribution is -1.98. The molecule has 0 fully saturated rings. The van der Waals surface area contributed by atoms with Gasteiger partial charge in [0.2, 0.25) is 0 Å². The number of thiophene rings is 1. The molecule has 3 nitrogen and oxygen atoms in total. The van der Waals surface area contributed by atoms with Crippen LogP contribution < -0.4 is 0 Å². The molecular weight excluding hydrogens is 1480 g/mol.